The molecule has 0 aromatic rings. The summed E-state index contributed by atoms with van der Waals surface area (Å²) in [4.78, 5) is 13.4. The van der Waals surface area contributed by atoms with Gasteiger partial charge in [-0.1, -0.05) is 0 Å². The van der Waals surface area contributed by atoms with E-state index >= 15 is 0 Å². The number of likely N-dealkylation sites (tertiary alicyclic amines) is 1. The lowest BCUT2D eigenvalue weighted by atomic mass is 10.0. The lowest BCUT2D eigenvalue weighted by Gasteiger charge is -2.24. The second-order valence-corrected chi connectivity index (χ2v) is 5.90. The van der Waals surface area contributed by atoms with E-state index in [-0.39, 0.29) is 18.1 Å². The van der Waals surface area contributed by atoms with Crippen LogP contribution in [0.15, 0.2) is 0 Å². The quantitative estimate of drug-likeness (QED) is 0.735. The summed E-state index contributed by atoms with van der Waals surface area (Å²) in [5.41, 5.74) is -0.486. The van der Waals surface area contributed by atoms with E-state index in [1.54, 1.807) is 4.90 Å². The van der Waals surface area contributed by atoms with E-state index in [0.29, 0.717) is 13.1 Å². The van der Waals surface area contributed by atoms with Crippen molar-refractivity contribution in [3.8, 4) is 0 Å². The predicted octanol–water partition coefficient (Wildman–Crippen LogP) is 1.00. The van der Waals surface area contributed by atoms with Crippen LogP contribution >= 0.6 is 0 Å². The molecule has 1 N–H and O–H groups in total. The Morgan fingerprint density at radius 1 is 1.47 bits per heavy atom. The van der Waals surface area contributed by atoms with Crippen molar-refractivity contribution in [2.45, 2.75) is 45.0 Å². The maximum absolute atomic E-state index is 11.8. The fourth-order valence-corrected chi connectivity index (χ4v) is 2.10. The standard InChI is InChI=1S/C12H21NO4/c1-12(2,3)17-11(15)13-5-8(10(14)6-13)4-9-7-16-9/h8-10,14H,4-7H2,1-3H3/t8-,9?,10-/m1/s1. The zero-order valence-electron chi connectivity index (χ0n) is 10.7. The molecule has 0 aliphatic carbocycles. The number of ether oxygens (including phenoxy) is 2. The Morgan fingerprint density at radius 2 is 2.12 bits per heavy atom. The number of rotatable bonds is 2. The van der Waals surface area contributed by atoms with Crippen molar-refractivity contribution < 1.29 is 19.4 Å². The second kappa shape index (κ2) is 4.46. The van der Waals surface area contributed by atoms with Crippen LogP contribution in [0.3, 0.4) is 0 Å². The molecule has 3 atom stereocenters. The van der Waals surface area contributed by atoms with E-state index < -0.39 is 11.7 Å². The molecule has 1 amide bonds. The van der Waals surface area contributed by atoms with Crippen LogP contribution in [0.25, 0.3) is 0 Å². The molecule has 5 heteroatoms. The van der Waals surface area contributed by atoms with Crippen LogP contribution < -0.4 is 0 Å². The van der Waals surface area contributed by atoms with Crippen molar-refractivity contribution >= 4 is 6.09 Å². The van der Waals surface area contributed by atoms with Gasteiger partial charge in [-0.2, -0.15) is 0 Å². The third-order valence-electron chi connectivity index (χ3n) is 3.03. The first kappa shape index (κ1) is 12.6. The smallest absolute Gasteiger partial charge is 0.410 e. The van der Waals surface area contributed by atoms with Crippen molar-refractivity contribution in [1.82, 2.24) is 4.90 Å². The summed E-state index contributed by atoms with van der Waals surface area (Å²) in [6.45, 7) is 7.24. The minimum absolute atomic E-state index is 0.120. The van der Waals surface area contributed by atoms with Crippen molar-refractivity contribution in [2.24, 2.45) is 5.92 Å². The molecule has 2 saturated heterocycles. The van der Waals surface area contributed by atoms with Crippen LogP contribution in [-0.2, 0) is 9.47 Å². The van der Waals surface area contributed by atoms with Gasteiger partial charge in [-0.25, -0.2) is 4.79 Å². The van der Waals surface area contributed by atoms with Crippen LogP contribution in [0.2, 0.25) is 0 Å². The number of aliphatic hydroxyl groups excluding tert-OH is 1. The molecule has 0 aromatic carbocycles. The van der Waals surface area contributed by atoms with Crippen molar-refractivity contribution in [3.05, 3.63) is 0 Å². The molecular formula is C12H21NO4. The first-order chi connectivity index (χ1) is 7.85. The van der Waals surface area contributed by atoms with Crippen LogP contribution in [0, 0.1) is 5.92 Å². The number of hydrogen-bond donors (Lipinski definition) is 1. The van der Waals surface area contributed by atoms with Gasteiger partial charge in [0.1, 0.15) is 5.60 Å². The molecule has 1 unspecified atom stereocenters. The molecule has 98 valence electrons. The van der Waals surface area contributed by atoms with Gasteiger partial charge in [0.15, 0.2) is 0 Å². The van der Waals surface area contributed by atoms with E-state index in [0.717, 1.165) is 13.0 Å². The molecule has 5 nitrogen and oxygen atoms in total. The van der Waals surface area contributed by atoms with Gasteiger partial charge in [-0.05, 0) is 27.2 Å². The number of amides is 1. The summed E-state index contributed by atoms with van der Waals surface area (Å²) in [6, 6.07) is 0. The van der Waals surface area contributed by atoms with Gasteiger partial charge in [0.25, 0.3) is 0 Å². The van der Waals surface area contributed by atoms with Gasteiger partial charge in [-0.15, -0.1) is 0 Å². The number of carbonyl (C=O) groups is 1. The van der Waals surface area contributed by atoms with Gasteiger partial charge in [0.2, 0.25) is 0 Å². The van der Waals surface area contributed by atoms with E-state index in [4.69, 9.17) is 9.47 Å². The van der Waals surface area contributed by atoms with E-state index in [1.807, 2.05) is 20.8 Å². The maximum Gasteiger partial charge on any atom is 0.410 e. The molecule has 0 radical (unpaired) electrons. The van der Waals surface area contributed by atoms with Gasteiger partial charge >= 0.3 is 6.09 Å². The highest BCUT2D eigenvalue weighted by atomic mass is 16.6. The lowest BCUT2D eigenvalue weighted by Crippen LogP contribution is -2.35. The first-order valence-electron chi connectivity index (χ1n) is 6.13. The Bertz CT molecular complexity index is 295. The molecule has 0 spiro atoms. The highest BCUT2D eigenvalue weighted by molar-refractivity contribution is 5.68. The Morgan fingerprint density at radius 3 is 2.65 bits per heavy atom. The van der Waals surface area contributed by atoms with Crippen molar-refractivity contribution in [3.63, 3.8) is 0 Å². The van der Waals surface area contributed by atoms with Crippen molar-refractivity contribution in [1.29, 1.82) is 0 Å². The van der Waals surface area contributed by atoms with Gasteiger partial charge < -0.3 is 19.5 Å². The molecular weight excluding hydrogens is 222 g/mol. The van der Waals surface area contributed by atoms with Crippen LogP contribution in [0.4, 0.5) is 4.79 Å². The third-order valence-corrected chi connectivity index (χ3v) is 3.03. The minimum Gasteiger partial charge on any atom is -0.444 e. The van der Waals surface area contributed by atoms with Gasteiger partial charge in [0.05, 0.1) is 25.4 Å². The Hall–Kier alpha value is -0.810. The van der Waals surface area contributed by atoms with Gasteiger partial charge in [-0.3, -0.25) is 0 Å². The van der Waals surface area contributed by atoms with Crippen molar-refractivity contribution in [2.75, 3.05) is 19.7 Å². The number of epoxide rings is 1. The highest BCUT2D eigenvalue weighted by Crippen LogP contribution is 2.28. The Balaban J connectivity index is 1.84. The summed E-state index contributed by atoms with van der Waals surface area (Å²) in [5, 5.41) is 9.88. The minimum atomic E-state index is -0.486. The number of carbonyl (C=O) groups excluding carboxylic acids is 1. The topological polar surface area (TPSA) is 62.3 Å². The largest absolute Gasteiger partial charge is 0.444 e. The molecule has 2 aliphatic rings. The summed E-state index contributed by atoms with van der Waals surface area (Å²) >= 11 is 0. The summed E-state index contributed by atoms with van der Waals surface area (Å²) in [7, 11) is 0. The van der Waals surface area contributed by atoms with Crippen LogP contribution in [-0.4, -0.2) is 53.6 Å². The fraction of sp³-hybridized carbons (Fsp3) is 0.917. The van der Waals surface area contributed by atoms with E-state index in [9.17, 15) is 9.90 Å². The number of nitrogens with zero attached hydrogens (tertiary/aromatic N) is 1. The van der Waals surface area contributed by atoms with Crippen LogP contribution in [0.5, 0.6) is 0 Å². The zero-order chi connectivity index (χ0) is 12.6. The zero-order valence-corrected chi connectivity index (χ0v) is 10.7. The average molecular weight is 243 g/mol. The third kappa shape index (κ3) is 3.57. The molecule has 2 heterocycles. The normalized spacial score (nSPS) is 32.7. The Kier molecular flexibility index (Phi) is 3.32. The molecule has 2 aliphatic heterocycles. The Labute approximate surface area is 102 Å². The molecule has 0 aromatic heterocycles. The SMILES string of the molecule is CC(C)(C)OC(=O)N1C[C@@H](CC2CO2)[C@H](O)C1. The summed E-state index contributed by atoms with van der Waals surface area (Å²) in [6.07, 6.45) is 0.330. The van der Waals surface area contributed by atoms with E-state index in [1.165, 1.54) is 0 Å². The monoisotopic (exact) mass is 243 g/mol. The number of hydrogen-bond acceptors (Lipinski definition) is 4. The van der Waals surface area contributed by atoms with E-state index in [2.05, 4.69) is 0 Å². The highest BCUT2D eigenvalue weighted by Gasteiger charge is 2.39. The average Bonchev–Trinajstić information content (AvgIpc) is 2.89. The first-order valence-corrected chi connectivity index (χ1v) is 6.13. The second-order valence-electron chi connectivity index (χ2n) is 5.90. The summed E-state index contributed by atoms with van der Waals surface area (Å²) in [5.74, 6) is 0.120. The van der Waals surface area contributed by atoms with Crippen LogP contribution in [0.1, 0.15) is 27.2 Å². The number of β-amino-alcohol motifs (C(OH)–C–C–N with tert-alkyl or cyclic N) is 1. The fourth-order valence-electron chi connectivity index (χ4n) is 2.10. The molecule has 2 rings (SSSR count). The predicted molar refractivity (Wildman–Crippen MR) is 61.7 cm³/mol. The molecule has 17 heavy (non-hydrogen) atoms. The maximum atomic E-state index is 11.8. The molecule has 0 saturated carbocycles. The summed E-state index contributed by atoms with van der Waals surface area (Å²) < 4.78 is 10.4. The molecule has 2 fully saturated rings. The number of aliphatic hydroxyl groups is 1. The van der Waals surface area contributed by atoms with Gasteiger partial charge in [0, 0.05) is 12.5 Å². The molecule has 0 bridgehead atoms. The lowest BCUT2D eigenvalue weighted by molar-refractivity contribution is 0.0269.